The normalized spacial score (nSPS) is 11.2. The van der Waals surface area contributed by atoms with E-state index in [9.17, 15) is 18.0 Å². The van der Waals surface area contributed by atoms with Crippen molar-refractivity contribution in [2.24, 2.45) is 5.73 Å². The van der Waals surface area contributed by atoms with Gasteiger partial charge in [-0.25, -0.2) is 4.79 Å². The zero-order valence-electron chi connectivity index (χ0n) is 8.25. The predicted octanol–water partition coefficient (Wildman–Crippen LogP) is 1.86. The van der Waals surface area contributed by atoms with Crippen molar-refractivity contribution in [1.29, 1.82) is 0 Å². The fourth-order valence-electron chi connectivity index (χ4n) is 1.01. The summed E-state index contributed by atoms with van der Waals surface area (Å²) in [5.41, 5.74) is 6.18. The molecule has 0 spiro atoms. The molecule has 0 aromatic heterocycles. The number of ether oxygens (including phenoxy) is 1. The van der Waals surface area contributed by atoms with E-state index in [0.29, 0.717) is 6.54 Å². The van der Waals surface area contributed by atoms with Crippen LogP contribution < -0.4 is 5.73 Å². The minimum Gasteiger partial charge on any atom is -0.452 e. The number of nitrogens with two attached hydrogens (primary N) is 1. The molecule has 0 heterocycles. The van der Waals surface area contributed by atoms with Crippen LogP contribution in [0.1, 0.15) is 15.9 Å². The number of hydrogen-bond donors (Lipinski definition) is 1. The van der Waals surface area contributed by atoms with Crippen molar-refractivity contribution in [3.63, 3.8) is 0 Å². The lowest BCUT2D eigenvalue weighted by Gasteiger charge is -2.07. The van der Waals surface area contributed by atoms with Gasteiger partial charge in [-0.15, -0.1) is 0 Å². The van der Waals surface area contributed by atoms with Crippen LogP contribution >= 0.6 is 0 Å². The highest BCUT2D eigenvalue weighted by Gasteiger charge is 2.29. The molecular formula is C10H10F3NO2. The lowest BCUT2D eigenvalue weighted by Crippen LogP contribution is -2.20. The van der Waals surface area contributed by atoms with Crippen LogP contribution in [0, 0.1) is 0 Å². The van der Waals surface area contributed by atoms with Crippen molar-refractivity contribution in [2.45, 2.75) is 12.7 Å². The van der Waals surface area contributed by atoms with Crippen molar-refractivity contribution >= 4 is 5.97 Å². The van der Waals surface area contributed by atoms with Crippen molar-refractivity contribution in [3.8, 4) is 0 Å². The van der Waals surface area contributed by atoms with Gasteiger partial charge in [-0.1, -0.05) is 12.1 Å². The Morgan fingerprint density at radius 1 is 1.25 bits per heavy atom. The van der Waals surface area contributed by atoms with Crippen LogP contribution in [-0.4, -0.2) is 18.8 Å². The van der Waals surface area contributed by atoms with Crippen molar-refractivity contribution in [1.82, 2.24) is 0 Å². The number of benzene rings is 1. The summed E-state index contributed by atoms with van der Waals surface area (Å²) in [6, 6.07) is 5.87. The maximum atomic E-state index is 11.8. The molecule has 1 rings (SSSR count). The van der Waals surface area contributed by atoms with Gasteiger partial charge in [0.05, 0.1) is 5.56 Å². The molecule has 0 saturated carbocycles. The SMILES string of the molecule is NCc1ccc(C(=O)OCC(F)(F)F)cc1. The second kappa shape index (κ2) is 4.98. The number of carbonyl (C=O) groups is 1. The first-order valence-electron chi connectivity index (χ1n) is 4.45. The van der Waals surface area contributed by atoms with Gasteiger partial charge in [0.1, 0.15) is 0 Å². The summed E-state index contributed by atoms with van der Waals surface area (Å²) in [7, 11) is 0. The Hall–Kier alpha value is -1.56. The predicted molar refractivity (Wildman–Crippen MR) is 50.7 cm³/mol. The first-order valence-corrected chi connectivity index (χ1v) is 4.45. The molecule has 2 N–H and O–H groups in total. The van der Waals surface area contributed by atoms with E-state index in [1.807, 2.05) is 0 Å². The summed E-state index contributed by atoms with van der Waals surface area (Å²) in [5, 5.41) is 0. The number of rotatable bonds is 3. The zero-order chi connectivity index (χ0) is 12.2. The molecule has 0 amide bonds. The third-order valence-corrected chi connectivity index (χ3v) is 1.79. The van der Waals surface area contributed by atoms with Crippen LogP contribution in [0.4, 0.5) is 13.2 Å². The van der Waals surface area contributed by atoms with Crippen molar-refractivity contribution in [2.75, 3.05) is 6.61 Å². The molecule has 0 unspecified atom stereocenters. The summed E-state index contributed by atoms with van der Waals surface area (Å²) in [6.07, 6.45) is -4.51. The first-order chi connectivity index (χ1) is 7.42. The van der Waals surface area contributed by atoms with E-state index in [-0.39, 0.29) is 5.56 Å². The van der Waals surface area contributed by atoms with E-state index in [4.69, 9.17) is 5.73 Å². The molecule has 0 aliphatic carbocycles. The summed E-state index contributed by atoms with van der Waals surface area (Å²) in [5.74, 6) is -0.999. The monoisotopic (exact) mass is 233 g/mol. The molecule has 88 valence electrons. The summed E-state index contributed by atoms with van der Waals surface area (Å²) < 4.78 is 39.3. The van der Waals surface area contributed by atoms with Gasteiger partial charge in [-0.3, -0.25) is 0 Å². The van der Waals surface area contributed by atoms with Crippen molar-refractivity contribution < 1.29 is 22.7 Å². The summed E-state index contributed by atoms with van der Waals surface area (Å²) >= 11 is 0. The molecule has 0 aliphatic heterocycles. The molecular weight excluding hydrogens is 223 g/mol. The second-order valence-corrected chi connectivity index (χ2v) is 3.09. The van der Waals surface area contributed by atoms with Crippen LogP contribution in [0.5, 0.6) is 0 Å². The van der Waals surface area contributed by atoms with Crippen LogP contribution in [0.3, 0.4) is 0 Å². The van der Waals surface area contributed by atoms with Gasteiger partial charge in [0.25, 0.3) is 0 Å². The number of hydrogen-bond acceptors (Lipinski definition) is 3. The van der Waals surface area contributed by atoms with Gasteiger partial charge >= 0.3 is 12.1 Å². The largest absolute Gasteiger partial charge is 0.452 e. The standard InChI is InChI=1S/C10H10F3NO2/c11-10(12,13)6-16-9(15)8-3-1-7(5-14)2-4-8/h1-4H,5-6,14H2. The maximum absolute atomic E-state index is 11.8. The Morgan fingerprint density at radius 2 is 1.81 bits per heavy atom. The van der Waals surface area contributed by atoms with E-state index in [0.717, 1.165) is 5.56 Å². The molecule has 16 heavy (non-hydrogen) atoms. The molecule has 6 heteroatoms. The molecule has 0 radical (unpaired) electrons. The Morgan fingerprint density at radius 3 is 2.25 bits per heavy atom. The molecule has 1 aromatic carbocycles. The summed E-state index contributed by atoms with van der Waals surface area (Å²) in [6.45, 7) is -1.28. The highest BCUT2D eigenvalue weighted by atomic mass is 19.4. The fourth-order valence-corrected chi connectivity index (χ4v) is 1.01. The smallest absolute Gasteiger partial charge is 0.422 e. The number of halogens is 3. The topological polar surface area (TPSA) is 52.3 Å². The summed E-state index contributed by atoms with van der Waals surface area (Å²) in [4.78, 5) is 11.1. The fraction of sp³-hybridized carbons (Fsp3) is 0.300. The minimum atomic E-state index is -4.51. The number of esters is 1. The van der Waals surface area contributed by atoms with Gasteiger partial charge in [0.2, 0.25) is 0 Å². The second-order valence-electron chi connectivity index (χ2n) is 3.09. The van der Waals surface area contributed by atoms with E-state index in [1.54, 1.807) is 12.1 Å². The molecule has 0 fully saturated rings. The Bertz CT molecular complexity index is 359. The lowest BCUT2D eigenvalue weighted by molar-refractivity contribution is -0.161. The molecule has 0 atom stereocenters. The average molecular weight is 233 g/mol. The molecule has 1 aromatic rings. The number of carbonyl (C=O) groups excluding carboxylic acids is 1. The van der Waals surface area contributed by atoms with Crippen LogP contribution in [0.15, 0.2) is 24.3 Å². The Balaban J connectivity index is 2.59. The van der Waals surface area contributed by atoms with Crippen LogP contribution in [0.2, 0.25) is 0 Å². The van der Waals surface area contributed by atoms with Gasteiger partial charge in [0.15, 0.2) is 6.61 Å². The van der Waals surface area contributed by atoms with Gasteiger partial charge in [-0.2, -0.15) is 13.2 Å². The maximum Gasteiger partial charge on any atom is 0.422 e. The van der Waals surface area contributed by atoms with Gasteiger partial charge in [0, 0.05) is 6.54 Å². The van der Waals surface area contributed by atoms with E-state index in [1.165, 1.54) is 12.1 Å². The van der Waals surface area contributed by atoms with Crippen LogP contribution in [-0.2, 0) is 11.3 Å². The van der Waals surface area contributed by atoms with E-state index in [2.05, 4.69) is 4.74 Å². The average Bonchev–Trinajstić information content (AvgIpc) is 2.25. The Labute approximate surface area is 90.0 Å². The molecule has 0 bridgehead atoms. The minimum absolute atomic E-state index is 0.0708. The third kappa shape index (κ3) is 3.90. The lowest BCUT2D eigenvalue weighted by atomic mass is 10.1. The van der Waals surface area contributed by atoms with Crippen molar-refractivity contribution in [3.05, 3.63) is 35.4 Å². The molecule has 3 nitrogen and oxygen atoms in total. The highest BCUT2D eigenvalue weighted by Crippen LogP contribution is 2.15. The first kappa shape index (κ1) is 12.5. The zero-order valence-corrected chi connectivity index (χ0v) is 8.25. The van der Waals surface area contributed by atoms with E-state index >= 15 is 0 Å². The molecule has 0 aliphatic rings. The van der Waals surface area contributed by atoms with Gasteiger partial charge in [-0.05, 0) is 17.7 Å². The van der Waals surface area contributed by atoms with Crippen LogP contribution in [0.25, 0.3) is 0 Å². The Kier molecular flexibility index (Phi) is 3.89. The quantitative estimate of drug-likeness (QED) is 0.811. The number of alkyl halides is 3. The van der Waals surface area contributed by atoms with E-state index < -0.39 is 18.8 Å². The molecule has 0 saturated heterocycles. The third-order valence-electron chi connectivity index (χ3n) is 1.79. The van der Waals surface area contributed by atoms with Gasteiger partial charge < -0.3 is 10.5 Å². The highest BCUT2D eigenvalue weighted by molar-refractivity contribution is 5.89.